The molecule has 2 rings (SSSR count). The van der Waals surface area contributed by atoms with Crippen molar-refractivity contribution in [2.75, 3.05) is 6.54 Å². The van der Waals surface area contributed by atoms with Crippen LogP contribution in [-0.2, 0) is 16.6 Å². The Balaban J connectivity index is 2.39. The predicted octanol–water partition coefficient (Wildman–Crippen LogP) is -0.311. The van der Waals surface area contributed by atoms with Crippen LogP contribution in [-0.4, -0.2) is 23.0 Å². The number of aryl methyl sites for hydroxylation is 1. The molecule has 14 heavy (non-hydrogen) atoms. The third kappa shape index (κ3) is 1.44. The summed E-state index contributed by atoms with van der Waals surface area (Å²) in [5, 5.41) is 0. The summed E-state index contributed by atoms with van der Waals surface area (Å²) in [6, 6.07) is 2.99. The van der Waals surface area contributed by atoms with Gasteiger partial charge in [0.15, 0.2) is 0 Å². The number of aliphatic imine (C=N–C) groups is 1. The van der Waals surface area contributed by atoms with Gasteiger partial charge in [0.1, 0.15) is 6.54 Å². The van der Waals surface area contributed by atoms with Gasteiger partial charge in [0, 0.05) is 19.3 Å². The lowest BCUT2D eigenvalue weighted by molar-refractivity contribution is -0.132. The second-order valence-electron chi connectivity index (χ2n) is 2.96. The minimum atomic E-state index is -0.367. The van der Waals surface area contributed by atoms with E-state index in [9.17, 15) is 9.59 Å². The molecule has 0 spiro atoms. The quantitative estimate of drug-likeness (QED) is 0.573. The Morgan fingerprint density at radius 1 is 1.43 bits per heavy atom. The molecule has 0 bridgehead atoms. The highest BCUT2D eigenvalue weighted by Gasteiger charge is 2.17. The molecule has 0 aromatic carbocycles. The van der Waals surface area contributed by atoms with Crippen molar-refractivity contribution in [3.63, 3.8) is 0 Å². The molecule has 0 saturated heterocycles. The van der Waals surface area contributed by atoms with E-state index >= 15 is 0 Å². The van der Waals surface area contributed by atoms with E-state index < -0.39 is 0 Å². The average Bonchev–Trinajstić information content (AvgIpc) is 2.57. The van der Waals surface area contributed by atoms with E-state index in [0.29, 0.717) is 5.56 Å². The molecule has 72 valence electrons. The zero-order valence-corrected chi connectivity index (χ0v) is 7.56. The molecule has 0 N–H and O–H groups in total. The molecule has 1 aliphatic rings. The maximum absolute atomic E-state index is 11.1. The summed E-state index contributed by atoms with van der Waals surface area (Å²) in [5.74, 6) is -0.0838. The minimum Gasteiger partial charge on any atom is -0.406 e. The van der Waals surface area contributed by atoms with Crippen molar-refractivity contribution in [3.8, 4) is 0 Å². The van der Waals surface area contributed by atoms with Crippen LogP contribution in [0.15, 0.2) is 28.1 Å². The first-order valence-electron chi connectivity index (χ1n) is 4.09. The highest BCUT2D eigenvalue weighted by molar-refractivity contribution is 6.04. The van der Waals surface area contributed by atoms with Gasteiger partial charge < -0.3 is 9.30 Å². The minimum absolute atomic E-state index is 0.0537. The summed E-state index contributed by atoms with van der Waals surface area (Å²) in [7, 11) is 1.63. The summed E-state index contributed by atoms with van der Waals surface area (Å²) >= 11 is 0. The van der Waals surface area contributed by atoms with E-state index in [0.717, 1.165) is 0 Å². The van der Waals surface area contributed by atoms with Crippen LogP contribution in [0.4, 0.5) is 0 Å². The smallest absolute Gasteiger partial charge is 0.334 e. The Labute approximate surface area is 79.6 Å². The van der Waals surface area contributed by atoms with E-state index in [1.54, 1.807) is 19.3 Å². The first-order chi connectivity index (χ1) is 6.66. The monoisotopic (exact) mass is 192 g/mol. The van der Waals surface area contributed by atoms with Gasteiger partial charge in [-0.3, -0.25) is 4.79 Å². The Hall–Kier alpha value is -1.91. The Kier molecular flexibility index (Phi) is 1.92. The van der Waals surface area contributed by atoms with Crippen LogP contribution < -0.4 is 5.56 Å². The fourth-order valence-electron chi connectivity index (χ4n) is 1.18. The van der Waals surface area contributed by atoms with E-state index in [1.807, 2.05) is 0 Å². The second-order valence-corrected chi connectivity index (χ2v) is 2.96. The number of nitrogens with zero attached hydrogens (tertiary/aromatic N) is 2. The zero-order chi connectivity index (χ0) is 10.1. The van der Waals surface area contributed by atoms with E-state index in [2.05, 4.69) is 4.99 Å². The van der Waals surface area contributed by atoms with Crippen LogP contribution in [0.5, 0.6) is 0 Å². The lowest BCUT2D eigenvalue weighted by Gasteiger charge is -2.01. The van der Waals surface area contributed by atoms with Gasteiger partial charge in [0.2, 0.25) is 11.5 Å². The molecule has 0 aliphatic carbocycles. The molecule has 0 atom stereocenters. The molecule has 1 aromatic heterocycles. The fourth-order valence-corrected chi connectivity index (χ4v) is 1.18. The second kappa shape index (κ2) is 3.10. The van der Waals surface area contributed by atoms with Crippen molar-refractivity contribution >= 4 is 11.9 Å². The Bertz CT molecular complexity index is 473. The van der Waals surface area contributed by atoms with Gasteiger partial charge >= 0.3 is 5.97 Å². The van der Waals surface area contributed by atoms with Crippen molar-refractivity contribution in [2.24, 2.45) is 12.0 Å². The largest absolute Gasteiger partial charge is 0.406 e. The van der Waals surface area contributed by atoms with Crippen LogP contribution in [0.2, 0.25) is 0 Å². The highest BCUT2D eigenvalue weighted by Crippen LogP contribution is 2.05. The van der Waals surface area contributed by atoms with Crippen LogP contribution in [0.3, 0.4) is 0 Å². The molecule has 2 heterocycles. The number of carbonyl (C=O) groups is 1. The number of pyridine rings is 1. The number of cyclic esters (lactones) is 1. The predicted molar refractivity (Wildman–Crippen MR) is 49.2 cm³/mol. The van der Waals surface area contributed by atoms with Gasteiger partial charge in [0.05, 0.1) is 5.56 Å². The molecule has 0 fully saturated rings. The van der Waals surface area contributed by atoms with Crippen LogP contribution in [0, 0.1) is 0 Å². The summed E-state index contributed by atoms with van der Waals surface area (Å²) in [4.78, 5) is 25.7. The molecule has 0 amide bonds. The van der Waals surface area contributed by atoms with Gasteiger partial charge in [-0.05, 0) is 6.07 Å². The molecule has 0 unspecified atom stereocenters. The van der Waals surface area contributed by atoms with Crippen molar-refractivity contribution in [2.45, 2.75) is 0 Å². The van der Waals surface area contributed by atoms with Gasteiger partial charge in [-0.15, -0.1) is 0 Å². The number of hydrogen-bond donors (Lipinski definition) is 0. The van der Waals surface area contributed by atoms with Gasteiger partial charge in [-0.2, -0.15) is 0 Å². The van der Waals surface area contributed by atoms with Crippen LogP contribution >= 0.6 is 0 Å². The van der Waals surface area contributed by atoms with Crippen molar-refractivity contribution in [3.05, 3.63) is 34.2 Å². The van der Waals surface area contributed by atoms with Crippen molar-refractivity contribution in [1.29, 1.82) is 0 Å². The number of esters is 1. The topological polar surface area (TPSA) is 60.7 Å². The van der Waals surface area contributed by atoms with E-state index in [-0.39, 0.29) is 24.0 Å². The van der Waals surface area contributed by atoms with Crippen LogP contribution in [0.25, 0.3) is 0 Å². The summed E-state index contributed by atoms with van der Waals surface area (Å²) in [6.07, 6.45) is 1.58. The first-order valence-corrected chi connectivity index (χ1v) is 4.09. The highest BCUT2D eigenvalue weighted by atomic mass is 16.6. The van der Waals surface area contributed by atoms with Gasteiger partial charge in [-0.1, -0.05) is 0 Å². The number of rotatable bonds is 1. The number of carbonyl (C=O) groups excluding carboxylic acids is 1. The first kappa shape index (κ1) is 8.68. The Morgan fingerprint density at radius 3 is 2.79 bits per heavy atom. The Morgan fingerprint density at radius 2 is 2.21 bits per heavy atom. The maximum Gasteiger partial charge on any atom is 0.334 e. The number of aromatic nitrogens is 1. The van der Waals surface area contributed by atoms with Crippen molar-refractivity contribution < 1.29 is 9.53 Å². The normalized spacial score (nSPS) is 15.2. The standard InChI is InChI=1S/C9H8N2O3/c1-11-5-6(2-3-7(11)12)9-10-4-8(13)14-9/h2-3,5H,4H2,1H3. The van der Waals surface area contributed by atoms with Gasteiger partial charge in [0.25, 0.3) is 0 Å². The molecular formula is C9H8N2O3. The molecule has 5 heteroatoms. The summed E-state index contributed by atoms with van der Waals surface area (Å²) < 4.78 is 6.24. The molecule has 0 radical (unpaired) electrons. The van der Waals surface area contributed by atoms with E-state index in [4.69, 9.17) is 4.74 Å². The van der Waals surface area contributed by atoms with Crippen molar-refractivity contribution in [1.82, 2.24) is 4.57 Å². The average molecular weight is 192 g/mol. The molecule has 1 aliphatic heterocycles. The lowest BCUT2D eigenvalue weighted by Crippen LogP contribution is -2.17. The third-order valence-electron chi connectivity index (χ3n) is 1.90. The summed E-state index contributed by atoms with van der Waals surface area (Å²) in [5.41, 5.74) is 0.525. The lowest BCUT2D eigenvalue weighted by atomic mass is 10.3. The van der Waals surface area contributed by atoms with Gasteiger partial charge in [-0.25, -0.2) is 9.79 Å². The fraction of sp³-hybridized carbons (Fsp3) is 0.222. The molecule has 1 aromatic rings. The number of ether oxygens (including phenoxy) is 1. The molecule has 0 saturated carbocycles. The number of hydrogen-bond acceptors (Lipinski definition) is 4. The van der Waals surface area contributed by atoms with Crippen LogP contribution in [0.1, 0.15) is 5.56 Å². The zero-order valence-electron chi connectivity index (χ0n) is 7.56. The SMILES string of the molecule is Cn1cc(C2=NCC(=O)O2)ccc1=O. The third-order valence-corrected chi connectivity index (χ3v) is 1.90. The maximum atomic E-state index is 11.1. The van der Waals surface area contributed by atoms with E-state index in [1.165, 1.54) is 10.6 Å². The molecular weight excluding hydrogens is 184 g/mol. The summed E-state index contributed by atoms with van der Waals surface area (Å²) in [6.45, 7) is 0.0537. The molecule has 5 nitrogen and oxygen atoms in total.